The van der Waals surface area contributed by atoms with Gasteiger partial charge in [-0.25, -0.2) is 4.98 Å². The molecule has 0 aliphatic carbocycles. The number of pyridine rings is 1. The molecule has 2 heterocycles. The number of rotatable bonds is 9. The first-order chi connectivity index (χ1) is 10.3. The molecule has 1 aliphatic rings. The van der Waals surface area contributed by atoms with E-state index in [1.807, 2.05) is 6.20 Å². The van der Waals surface area contributed by atoms with Crippen LogP contribution in [0.4, 0.5) is 5.82 Å². The zero-order chi connectivity index (χ0) is 14.9. The van der Waals surface area contributed by atoms with Gasteiger partial charge in [-0.2, -0.15) is 0 Å². The molecule has 1 saturated heterocycles. The summed E-state index contributed by atoms with van der Waals surface area (Å²) in [6.45, 7) is 3.77. The van der Waals surface area contributed by atoms with Crippen molar-refractivity contribution in [2.24, 2.45) is 0 Å². The van der Waals surface area contributed by atoms with Crippen LogP contribution < -0.4 is 10.2 Å². The average Bonchev–Trinajstić information content (AvgIpc) is 2.98. The molecule has 0 amide bonds. The van der Waals surface area contributed by atoms with E-state index in [0.29, 0.717) is 6.04 Å². The van der Waals surface area contributed by atoms with E-state index < -0.39 is 0 Å². The van der Waals surface area contributed by atoms with Gasteiger partial charge in [-0.3, -0.25) is 0 Å². The highest BCUT2D eigenvalue weighted by Gasteiger charge is 2.24. The van der Waals surface area contributed by atoms with Crippen LogP contribution in [-0.2, 0) is 11.3 Å². The van der Waals surface area contributed by atoms with Crippen molar-refractivity contribution in [1.82, 2.24) is 10.3 Å². The van der Waals surface area contributed by atoms with Crippen molar-refractivity contribution in [2.75, 3.05) is 38.3 Å². The van der Waals surface area contributed by atoms with E-state index in [-0.39, 0.29) is 6.61 Å². The molecule has 2 rings (SSSR count). The Morgan fingerprint density at radius 2 is 2.38 bits per heavy atom. The van der Waals surface area contributed by atoms with Gasteiger partial charge in [0.15, 0.2) is 0 Å². The quantitative estimate of drug-likeness (QED) is 0.677. The van der Waals surface area contributed by atoms with Gasteiger partial charge in [0.05, 0.1) is 6.61 Å². The van der Waals surface area contributed by atoms with E-state index in [1.54, 1.807) is 7.11 Å². The van der Waals surface area contributed by atoms with Gasteiger partial charge in [-0.15, -0.1) is 0 Å². The van der Waals surface area contributed by atoms with Crippen molar-refractivity contribution in [1.29, 1.82) is 0 Å². The third-order valence-electron chi connectivity index (χ3n) is 3.99. The van der Waals surface area contributed by atoms with E-state index in [4.69, 9.17) is 9.84 Å². The number of anilines is 1. The van der Waals surface area contributed by atoms with Gasteiger partial charge >= 0.3 is 0 Å². The van der Waals surface area contributed by atoms with Gasteiger partial charge in [0.2, 0.25) is 0 Å². The van der Waals surface area contributed by atoms with E-state index in [0.717, 1.165) is 44.9 Å². The van der Waals surface area contributed by atoms with E-state index in [1.165, 1.54) is 18.4 Å². The second-order valence-electron chi connectivity index (χ2n) is 5.55. The summed E-state index contributed by atoms with van der Waals surface area (Å²) in [5.41, 5.74) is 1.20. The van der Waals surface area contributed by atoms with Crippen molar-refractivity contribution >= 4 is 5.82 Å². The monoisotopic (exact) mass is 293 g/mol. The molecule has 0 bridgehead atoms. The standard InChI is InChI=1S/C16H27N3O2/c1-21-11-8-17-12-14-6-7-16(18-13-14)19-9-2-4-15(19)5-3-10-20/h6-7,13,15,17,20H,2-5,8-12H2,1H3. The molecule has 1 aromatic heterocycles. The molecule has 1 atom stereocenters. The molecule has 118 valence electrons. The van der Waals surface area contributed by atoms with Crippen LogP contribution >= 0.6 is 0 Å². The molecule has 0 aromatic carbocycles. The van der Waals surface area contributed by atoms with Gasteiger partial charge in [-0.05, 0) is 37.3 Å². The van der Waals surface area contributed by atoms with Crippen molar-refractivity contribution in [2.45, 2.75) is 38.3 Å². The molecule has 2 N–H and O–H groups in total. The number of aliphatic hydroxyl groups is 1. The summed E-state index contributed by atoms with van der Waals surface area (Å²) in [6, 6.07) is 4.80. The molecular weight excluding hydrogens is 266 g/mol. The van der Waals surface area contributed by atoms with E-state index >= 15 is 0 Å². The maximum Gasteiger partial charge on any atom is 0.128 e. The molecule has 0 saturated carbocycles. The van der Waals surface area contributed by atoms with Crippen LogP contribution in [0.2, 0.25) is 0 Å². The van der Waals surface area contributed by atoms with Crippen LogP contribution in [0, 0.1) is 0 Å². The third-order valence-corrected chi connectivity index (χ3v) is 3.99. The molecular formula is C16H27N3O2. The van der Waals surface area contributed by atoms with Gasteiger partial charge in [0, 0.05) is 45.6 Å². The minimum atomic E-state index is 0.282. The van der Waals surface area contributed by atoms with Crippen LogP contribution in [0.25, 0.3) is 0 Å². The fourth-order valence-corrected chi connectivity index (χ4v) is 2.86. The summed E-state index contributed by atoms with van der Waals surface area (Å²) in [6.07, 6.45) is 6.32. The number of methoxy groups -OCH3 is 1. The highest BCUT2D eigenvalue weighted by Crippen LogP contribution is 2.26. The predicted molar refractivity (Wildman–Crippen MR) is 84.5 cm³/mol. The molecule has 1 aromatic rings. The lowest BCUT2D eigenvalue weighted by molar-refractivity contribution is 0.199. The molecule has 1 fully saturated rings. The maximum atomic E-state index is 8.99. The third kappa shape index (κ3) is 4.95. The number of nitrogens with one attached hydrogen (secondary N) is 1. The SMILES string of the molecule is COCCNCc1ccc(N2CCCC2CCCO)nc1. The number of nitrogens with zero attached hydrogens (tertiary/aromatic N) is 2. The summed E-state index contributed by atoms with van der Waals surface area (Å²) >= 11 is 0. The smallest absolute Gasteiger partial charge is 0.128 e. The molecule has 1 aliphatic heterocycles. The fraction of sp³-hybridized carbons (Fsp3) is 0.688. The van der Waals surface area contributed by atoms with Gasteiger partial charge < -0.3 is 20.1 Å². The van der Waals surface area contributed by atoms with Crippen LogP contribution in [0.3, 0.4) is 0 Å². The second-order valence-corrected chi connectivity index (χ2v) is 5.55. The Morgan fingerprint density at radius 1 is 1.48 bits per heavy atom. The average molecular weight is 293 g/mol. The highest BCUT2D eigenvalue weighted by molar-refractivity contribution is 5.41. The molecule has 0 radical (unpaired) electrons. The number of hydrogen-bond donors (Lipinski definition) is 2. The Labute approximate surface area is 127 Å². The lowest BCUT2D eigenvalue weighted by Gasteiger charge is -2.25. The van der Waals surface area contributed by atoms with Crippen LogP contribution in [0.15, 0.2) is 18.3 Å². The first-order valence-corrected chi connectivity index (χ1v) is 7.87. The van der Waals surface area contributed by atoms with Gasteiger partial charge in [-0.1, -0.05) is 6.07 Å². The van der Waals surface area contributed by atoms with Crippen molar-refractivity contribution < 1.29 is 9.84 Å². The summed E-state index contributed by atoms with van der Waals surface area (Å²) in [4.78, 5) is 7.00. The predicted octanol–water partition coefficient (Wildman–Crippen LogP) is 1.56. The Kier molecular flexibility index (Phi) is 6.92. The van der Waals surface area contributed by atoms with E-state index in [2.05, 4.69) is 27.3 Å². The number of hydrogen-bond acceptors (Lipinski definition) is 5. The number of aromatic nitrogens is 1. The second kappa shape index (κ2) is 8.97. The Morgan fingerprint density at radius 3 is 3.10 bits per heavy atom. The van der Waals surface area contributed by atoms with Crippen LogP contribution in [-0.4, -0.2) is 49.5 Å². The molecule has 0 spiro atoms. The van der Waals surface area contributed by atoms with Crippen molar-refractivity contribution in [3.63, 3.8) is 0 Å². The van der Waals surface area contributed by atoms with Gasteiger partial charge in [0.25, 0.3) is 0 Å². The van der Waals surface area contributed by atoms with Crippen LogP contribution in [0.5, 0.6) is 0 Å². The summed E-state index contributed by atoms with van der Waals surface area (Å²) in [5, 5.41) is 12.3. The zero-order valence-electron chi connectivity index (χ0n) is 12.9. The summed E-state index contributed by atoms with van der Waals surface area (Å²) in [5.74, 6) is 1.07. The minimum Gasteiger partial charge on any atom is -0.396 e. The normalized spacial score (nSPS) is 18.4. The van der Waals surface area contributed by atoms with Crippen molar-refractivity contribution in [3.05, 3.63) is 23.9 Å². The van der Waals surface area contributed by atoms with Gasteiger partial charge in [0.1, 0.15) is 5.82 Å². The van der Waals surface area contributed by atoms with Crippen LogP contribution in [0.1, 0.15) is 31.2 Å². The molecule has 1 unspecified atom stereocenters. The molecule has 5 heteroatoms. The lowest BCUT2D eigenvalue weighted by atomic mass is 10.1. The topological polar surface area (TPSA) is 57.6 Å². The Balaban J connectivity index is 1.85. The number of aliphatic hydroxyl groups excluding tert-OH is 1. The number of ether oxygens (including phenoxy) is 1. The Hall–Kier alpha value is -1.17. The van der Waals surface area contributed by atoms with E-state index in [9.17, 15) is 0 Å². The molecule has 5 nitrogen and oxygen atoms in total. The Bertz CT molecular complexity index is 397. The lowest BCUT2D eigenvalue weighted by Crippen LogP contribution is -2.30. The largest absolute Gasteiger partial charge is 0.396 e. The van der Waals surface area contributed by atoms with Crippen molar-refractivity contribution in [3.8, 4) is 0 Å². The zero-order valence-corrected chi connectivity index (χ0v) is 12.9. The first kappa shape index (κ1) is 16.2. The minimum absolute atomic E-state index is 0.282. The fourth-order valence-electron chi connectivity index (χ4n) is 2.86. The maximum absolute atomic E-state index is 8.99. The first-order valence-electron chi connectivity index (χ1n) is 7.87. The summed E-state index contributed by atoms with van der Waals surface area (Å²) in [7, 11) is 1.71. The summed E-state index contributed by atoms with van der Waals surface area (Å²) < 4.78 is 5.01. The highest BCUT2D eigenvalue weighted by atomic mass is 16.5. The molecule has 21 heavy (non-hydrogen) atoms.